The van der Waals surface area contributed by atoms with Crippen LogP contribution in [0.3, 0.4) is 0 Å². The van der Waals surface area contributed by atoms with Gasteiger partial charge in [-0.15, -0.1) is 0 Å². The number of rotatable bonds is 4. The van der Waals surface area contributed by atoms with Crippen molar-refractivity contribution in [3.8, 4) is 0 Å². The van der Waals surface area contributed by atoms with Gasteiger partial charge in [0.1, 0.15) is 0 Å². The van der Waals surface area contributed by atoms with Crippen LogP contribution in [0.5, 0.6) is 0 Å². The van der Waals surface area contributed by atoms with Crippen molar-refractivity contribution in [3.05, 3.63) is 36.0 Å². The minimum Gasteiger partial charge on any atom is -0.390 e. The first kappa shape index (κ1) is 15.4. The molecule has 2 atom stereocenters. The van der Waals surface area contributed by atoms with Crippen LogP contribution in [0.15, 0.2) is 30.5 Å². The van der Waals surface area contributed by atoms with Gasteiger partial charge in [-0.1, -0.05) is 18.2 Å². The Balaban J connectivity index is 1.27. The van der Waals surface area contributed by atoms with E-state index in [0.29, 0.717) is 24.8 Å². The number of para-hydroxylation sites is 1. The van der Waals surface area contributed by atoms with E-state index < -0.39 is 5.60 Å². The molecule has 4 heteroatoms. The number of fused-ring (bicyclic) bond motifs is 1. The van der Waals surface area contributed by atoms with Crippen LogP contribution in [-0.2, 0) is 11.2 Å². The predicted molar refractivity (Wildman–Crippen MR) is 97.1 cm³/mol. The van der Waals surface area contributed by atoms with Crippen LogP contribution in [0, 0.1) is 17.3 Å². The Kier molecular flexibility index (Phi) is 3.30. The Labute approximate surface area is 148 Å². The molecule has 4 bridgehead atoms. The van der Waals surface area contributed by atoms with Crippen LogP contribution in [0.2, 0.25) is 0 Å². The van der Waals surface area contributed by atoms with Gasteiger partial charge in [0, 0.05) is 23.6 Å². The molecule has 0 radical (unpaired) electrons. The smallest absolute Gasteiger partial charge is 0.226 e. The maximum atomic E-state index is 13.0. The second-order valence-corrected chi connectivity index (χ2v) is 8.83. The molecule has 4 fully saturated rings. The number of aromatic amines is 1. The van der Waals surface area contributed by atoms with Gasteiger partial charge in [-0.05, 0) is 68.4 Å². The third-order valence-electron chi connectivity index (χ3n) is 6.87. The van der Waals surface area contributed by atoms with Crippen molar-refractivity contribution in [2.45, 2.75) is 50.5 Å². The summed E-state index contributed by atoms with van der Waals surface area (Å²) in [6.45, 7) is 0.663. The SMILES string of the molecule is O=C(NCCc1c[nH]c2ccccc12)C12C[C@H]3C[C@@H](CC(O)(C3)C1)C2. The highest BCUT2D eigenvalue weighted by Gasteiger charge is 2.59. The number of aromatic nitrogens is 1. The second kappa shape index (κ2) is 5.34. The lowest BCUT2D eigenvalue weighted by Gasteiger charge is -2.59. The number of carbonyl (C=O) groups is 1. The monoisotopic (exact) mass is 338 g/mol. The van der Waals surface area contributed by atoms with Crippen molar-refractivity contribution in [2.24, 2.45) is 17.3 Å². The zero-order chi connectivity index (χ0) is 17.1. The van der Waals surface area contributed by atoms with Crippen molar-refractivity contribution in [2.75, 3.05) is 6.54 Å². The van der Waals surface area contributed by atoms with Crippen molar-refractivity contribution >= 4 is 16.8 Å². The molecule has 1 aromatic heterocycles. The van der Waals surface area contributed by atoms with E-state index in [1.54, 1.807) is 0 Å². The van der Waals surface area contributed by atoms with Crippen LogP contribution in [0.4, 0.5) is 0 Å². The molecule has 1 amide bonds. The lowest BCUT2D eigenvalue weighted by molar-refractivity contribution is -0.178. The molecular weight excluding hydrogens is 312 g/mol. The molecular formula is C21H26N2O2. The number of aliphatic hydroxyl groups is 1. The molecule has 2 aromatic rings. The summed E-state index contributed by atoms with van der Waals surface area (Å²) in [6.07, 6.45) is 8.54. The Bertz CT molecular complexity index is 810. The summed E-state index contributed by atoms with van der Waals surface area (Å²) in [6, 6.07) is 8.28. The molecule has 4 aliphatic carbocycles. The molecule has 4 nitrogen and oxygen atoms in total. The first-order valence-electron chi connectivity index (χ1n) is 9.61. The van der Waals surface area contributed by atoms with Gasteiger partial charge in [-0.2, -0.15) is 0 Å². The van der Waals surface area contributed by atoms with Crippen molar-refractivity contribution in [1.29, 1.82) is 0 Å². The van der Waals surface area contributed by atoms with Crippen molar-refractivity contribution in [3.63, 3.8) is 0 Å². The molecule has 0 saturated heterocycles. The van der Waals surface area contributed by atoms with E-state index in [-0.39, 0.29) is 11.3 Å². The average Bonchev–Trinajstić information content (AvgIpc) is 2.96. The highest BCUT2D eigenvalue weighted by Crippen LogP contribution is 2.61. The summed E-state index contributed by atoms with van der Waals surface area (Å²) in [4.78, 5) is 16.3. The van der Waals surface area contributed by atoms with Gasteiger partial charge in [-0.3, -0.25) is 4.79 Å². The Morgan fingerprint density at radius 3 is 2.72 bits per heavy atom. The highest BCUT2D eigenvalue weighted by atomic mass is 16.3. The summed E-state index contributed by atoms with van der Waals surface area (Å²) in [5.74, 6) is 1.27. The number of amides is 1. The lowest BCUT2D eigenvalue weighted by Crippen LogP contribution is -2.60. The van der Waals surface area contributed by atoms with Gasteiger partial charge in [0.05, 0.1) is 11.0 Å². The number of hydrogen-bond acceptors (Lipinski definition) is 2. The molecule has 25 heavy (non-hydrogen) atoms. The number of hydrogen-bond donors (Lipinski definition) is 3. The van der Waals surface area contributed by atoms with E-state index in [2.05, 4.69) is 22.4 Å². The van der Waals surface area contributed by atoms with Crippen LogP contribution in [0.1, 0.15) is 44.1 Å². The summed E-state index contributed by atoms with van der Waals surface area (Å²) < 4.78 is 0. The number of benzene rings is 1. The maximum absolute atomic E-state index is 13.0. The van der Waals surface area contributed by atoms with Gasteiger partial charge in [0.2, 0.25) is 5.91 Å². The third-order valence-corrected chi connectivity index (χ3v) is 6.87. The van der Waals surface area contributed by atoms with E-state index in [1.165, 1.54) is 17.4 Å². The molecule has 6 rings (SSSR count). The number of H-pyrrole nitrogens is 1. The fraction of sp³-hybridized carbons (Fsp3) is 0.571. The van der Waals surface area contributed by atoms with Gasteiger partial charge in [-0.25, -0.2) is 0 Å². The van der Waals surface area contributed by atoms with E-state index in [4.69, 9.17) is 0 Å². The molecule has 132 valence electrons. The first-order chi connectivity index (χ1) is 12.1. The van der Waals surface area contributed by atoms with E-state index in [0.717, 1.165) is 37.6 Å². The average molecular weight is 338 g/mol. The number of carbonyl (C=O) groups excluding carboxylic acids is 1. The fourth-order valence-electron chi connectivity index (χ4n) is 6.32. The molecule has 1 heterocycles. The number of nitrogens with one attached hydrogen (secondary N) is 2. The van der Waals surface area contributed by atoms with Crippen LogP contribution in [0.25, 0.3) is 10.9 Å². The van der Waals surface area contributed by atoms with E-state index in [1.807, 2.05) is 18.3 Å². The van der Waals surface area contributed by atoms with Crippen molar-refractivity contribution in [1.82, 2.24) is 10.3 Å². The Morgan fingerprint density at radius 2 is 1.96 bits per heavy atom. The van der Waals surface area contributed by atoms with Crippen LogP contribution >= 0.6 is 0 Å². The third kappa shape index (κ3) is 2.50. The van der Waals surface area contributed by atoms with E-state index in [9.17, 15) is 9.90 Å². The molecule has 4 saturated carbocycles. The fourth-order valence-corrected chi connectivity index (χ4v) is 6.32. The van der Waals surface area contributed by atoms with E-state index >= 15 is 0 Å². The van der Waals surface area contributed by atoms with Crippen LogP contribution < -0.4 is 5.32 Å². The minimum atomic E-state index is -0.571. The van der Waals surface area contributed by atoms with Gasteiger partial charge < -0.3 is 15.4 Å². The van der Waals surface area contributed by atoms with Crippen LogP contribution in [-0.4, -0.2) is 28.1 Å². The molecule has 1 aromatic carbocycles. The minimum absolute atomic E-state index is 0.180. The summed E-state index contributed by atoms with van der Waals surface area (Å²) in [5.41, 5.74) is 1.52. The Hall–Kier alpha value is -1.81. The van der Waals surface area contributed by atoms with Gasteiger partial charge >= 0.3 is 0 Å². The lowest BCUT2D eigenvalue weighted by atomic mass is 9.47. The molecule has 3 N–H and O–H groups in total. The summed E-state index contributed by atoms with van der Waals surface area (Å²) in [7, 11) is 0. The molecule has 0 unspecified atom stereocenters. The van der Waals surface area contributed by atoms with Crippen molar-refractivity contribution < 1.29 is 9.90 Å². The molecule has 0 spiro atoms. The summed E-state index contributed by atoms with van der Waals surface area (Å²) in [5, 5.41) is 15.3. The topological polar surface area (TPSA) is 65.1 Å². The quantitative estimate of drug-likeness (QED) is 0.802. The summed E-state index contributed by atoms with van der Waals surface area (Å²) >= 11 is 0. The normalized spacial score (nSPS) is 36.0. The predicted octanol–water partition coefficient (Wildman–Crippen LogP) is 3.16. The zero-order valence-electron chi connectivity index (χ0n) is 14.6. The Morgan fingerprint density at radius 1 is 1.20 bits per heavy atom. The largest absolute Gasteiger partial charge is 0.390 e. The standard InChI is InChI=1S/C21H26N2O2/c24-19(20-8-14-7-15(9-20)11-21(25,10-14)13-20)22-6-5-16-12-23-18-4-2-1-3-17(16)18/h1-4,12,14-15,23,25H,5-11,13H2,(H,22,24)/t14-,15-,20?,21?/m1/s1. The maximum Gasteiger partial charge on any atom is 0.226 e. The second-order valence-electron chi connectivity index (χ2n) is 8.83. The highest BCUT2D eigenvalue weighted by molar-refractivity contribution is 5.84. The molecule has 4 aliphatic rings. The van der Waals surface area contributed by atoms with Gasteiger partial charge in [0.25, 0.3) is 0 Å². The molecule has 0 aliphatic heterocycles. The zero-order valence-corrected chi connectivity index (χ0v) is 14.6. The van der Waals surface area contributed by atoms with Gasteiger partial charge in [0.15, 0.2) is 0 Å². The first-order valence-corrected chi connectivity index (χ1v) is 9.61.